The summed E-state index contributed by atoms with van der Waals surface area (Å²) in [6, 6.07) is 13.5. The van der Waals surface area contributed by atoms with E-state index < -0.39 is 0 Å². The molecule has 144 valence electrons. The summed E-state index contributed by atoms with van der Waals surface area (Å²) < 4.78 is 24.9. The monoisotopic (exact) mass is 472 g/mol. The van der Waals surface area contributed by atoms with Crippen molar-refractivity contribution in [3.8, 4) is 11.5 Å². The summed E-state index contributed by atoms with van der Waals surface area (Å²) in [5.74, 6) is 0.721. The van der Waals surface area contributed by atoms with Gasteiger partial charge in [-0.05, 0) is 57.0 Å². The zero-order chi connectivity index (χ0) is 18.2. The van der Waals surface area contributed by atoms with E-state index in [0.29, 0.717) is 19.3 Å². The van der Waals surface area contributed by atoms with Gasteiger partial charge in [0.05, 0.1) is 0 Å². The standard InChI is InChI=1S/C21H28FNO2.HI/c1-5-17(4)23(6-2)18-8-7-9-19(15-18)24-12-13-25-21-11-10-16(3)14-20(21)22;/h7-11,14-15,17H,5-6,12-13H2,1-4H3;1H/p-1. The second kappa shape index (κ2) is 11.3. The van der Waals surface area contributed by atoms with Crippen LogP contribution in [-0.4, -0.2) is 25.8 Å². The molecule has 0 aromatic heterocycles. The van der Waals surface area contributed by atoms with Crippen LogP contribution in [-0.2, 0) is 0 Å². The Morgan fingerprint density at radius 1 is 1.04 bits per heavy atom. The van der Waals surface area contributed by atoms with Crippen molar-refractivity contribution in [1.29, 1.82) is 0 Å². The predicted molar refractivity (Wildman–Crippen MR) is 101 cm³/mol. The third-order valence-electron chi connectivity index (χ3n) is 4.31. The van der Waals surface area contributed by atoms with Gasteiger partial charge in [0.1, 0.15) is 19.0 Å². The molecule has 0 aliphatic carbocycles. The number of hydrogen-bond donors (Lipinski definition) is 0. The first-order valence-corrected chi connectivity index (χ1v) is 8.93. The minimum Gasteiger partial charge on any atom is -1.00 e. The van der Waals surface area contributed by atoms with Gasteiger partial charge in [-0.15, -0.1) is 0 Å². The van der Waals surface area contributed by atoms with Crippen LogP contribution in [0, 0.1) is 12.7 Å². The highest BCUT2D eigenvalue weighted by atomic mass is 127. The van der Waals surface area contributed by atoms with Gasteiger partial charge in [0.2, 0.25) is 0 Å². The van der Waals surface area contributed by atoms with Crippen LogP contribution in [0.15, 0.2) is 42.5 Å². The normalized spacial score (nSPS) is 11.4. The fraction of sp³-hybridized carbons (Fsp3) is 0.429. The molecule has 0 saturated heterocycles. The molecule has 0 radical (unpaired) electrons. The highest BCUT2D eigenvalue weighted by Gasteiger charge is 2.11. The van der Waals surface area contributed by atoms with Gasteiger partial charge in [0, 0.05) is 24.3 Å². The Bertz CT molecular complexity index is 681. The maximum absolute atomic E-state index is 13.7. The highest BCUT2D eigenvalue weighted by molar-refractivity contribution is 5.51. The number of ether oxygens (including phenoxy) is 2. The van der Waals surface area contributed by atoms with Crippen molar-refractivity contribution in [2.75, 3.05) is 24.7 Å². The van der Waals surface area contributed by atoms with Crippen LogP contribution in [0.2, 0.25) is 0 Å². The van der Waals surface area contributed by atoms with Crippen molar-refractivity contribution in [3.05, 3.63) is 53.8 Å². The molecular formula is C21H28FINO2-. The van der Waals surface area contributed by atoms with Crippen LogP contribution in [0.4, 0.5) is 10.1 Å². The van der Waals surface area contributed by atoms with Crippen LogP contribution in [0.1, 0.15) is 32.8 Å². The summed E-state index contributed by atoms with van der Waals surface area (Å²) in [7, 11) is 0. The quantitative estimate of drug-likeness (QED) is 0.413. The van der Waals surface area contributed by atoms with Crippen LogP contribution < -0.4 is 38.4 Å². The van der Waals surface area contributed by atoms with Gasteiger partial charge >= 0.3 is 0 Å². The molecule has 3 nitrogen and oxygen atoms in total. The topological polar surface area (TPSA) is 21.7 Å². The molecule has 5 heteroatoms. The maximum Gasteiger partial charge on any atom is 0.165 e. The number of nitrogens with zero attached hydrogens (tertiary/aromatic N) is 1. The first-order valence-electron chi connectivity index (χ1n) is 8.93. The molecule has 2 rings (SSSR count). The predicted octanol–water partition coefficient (Wildman–Crippen LogP) is 2.22. The molecule has 0 aliphatic heterocycles. The first kappa shape index (κ1) is 22.5. The number of aryl methyl sites for hydroxylation is 1. The van der Waals surface area contributed by atoms with E-state index in [-0.39, 0.29) is 35.5 Å². The summed E-state index contributed by atoms with van der Waals surface area (Å²) in [5.41, 5.74) is 2.03. The molecule has 0 aliphatic rings. The fourth-order valence-corrected chi connectivity index (χ4v) is 2.76. The number of halogens is 2. The SMILES string of the molecule is CCC(C)N(CC)c1cccc(OCCOc2ccc(C)cc2F)c1.[I-]. The van der Waals surface area contributed by atoms with Crippen LogP contribution in [0.3, 0.4) is 0 Å². The van der Waals surface area contributed by atoms with Crippen LogP contribution in [0.25, 0.3) is 0 Å². The lowest BCUT2D eigenvalue weighted by Crippen LogP contribution is -3.00. The Labute approximate surface area is 173 Å². The summed E-state index contributed by atoms with van der Waals surface area (Å²) in [6.45, 7) is 10.0. The molecule has 0 fully saturated rings. The average molecular weight is 472 g/mol. The van der Waals surface area contributed by atoms with E-state index in [2.05, 4.69) is 31.7 Å². The van der Waals surface area contributed by atoms with E-state index >= 15 is 0 Å². The minimum atomic E-state index is -0.339. The van der Waals surface area contributed by atoms with Gasteiger partial charge in [0.15, 0.2) is 11.6 Å². The van der Waals surface area contributed by atoms with E-state index in [1.54, 1.807) is 6.07 Å². The van der Waals surface area contributed by atoms with Gasteiger partial charge in [0.25, 0.3) is 0 Å². The summed E-state index contributed by atoms with van der Waals surface area (Å²) >= 11 is 0. The van der Waals surface area contributed by atoms with Crippen molar-refractivity contribution in [2.45, 2.75) is 40.2 Å². The number of rotatable bonds is 9. The first-order chi connectivity index (χ1) is 12.0. The summed E-state index contributed by atoms with van der Waals surface area (Å²) in [5, 5.41) is 0. The molecule has 0 heterocycles. The Morgan fingerprint density at radius 3 is 2.42 bits per heavy atom. The lowest BCUT2D eigenvalue weighted by Gasteiger charge is -2.29. The molecule has 26 heavy (non-hydrogen) atoms. The number of hydrogen-bond acceptors (Lipinski definition) is 3. The minimum absolute atomic E-state index is 0. The zero-order valence-electron chi connectivity index (χ0n) is 16.0. The lowest BCUT2D eigenvalue weighted by molar-refractivity contribution is -0.00000656. The van der Waals surface area contributed by atoms with Crippen molar-refractivity contribution in [1.82, 2.24) is 0 Å². The Hall–Kier alpha value is -1.50. The molecule has 0 amide bonds. The van der Waals surface area contributed by atoms with Crippen molar-refractivity contribution in [3.63, 3.8) is 0 Å². The summed E-state index contributed by atoms with van der Waals surface area (Å²) in [4.78, 5) is 2.35. The molecular weight excluding hydrogens is 444 g/mol. The van der Waals surface area contributed by atoms with Crippen LogP contribution in [0.5, 0.6) is 11.5 Å². The molecule has 0 spiro atoms. The average Bonchev–Trinajstić information content (AvgIpc) is 2.61. The van der Waals surface area contributed by atoms with E-state index in [1.165, 1.54) is 6.07 Å². The second-order valence-electron chi connectivity index (χ2n) is 6.17. The molecule has 1 unspecified atom stereocenters. The molecule has 0 bridgehead atoms. The maximum atomic E-state index is 13.7. The molecule has 0 saturated carbocycles. The van der Waals surface area contributed by atoms with Crippen molar-refractivity contribution in [2.24, 2.45) is 0 Å². The molecule has 1 atom stereocenters. The van der Waals surface area contributed by atoms with Gasteiger partial charge in [-0.2, -0.15) is 0 Å². The fourth-order valence-electron chi connectivity index (χ4n) is 2.76. The van der Waals surface area contributed by atoms with Crippen molar-refractivity contribution < 1.29 is 37.8 Å². The highest BCUT2D eigenvalue weighted by Crippen LogP contribution is 2.24. The molecule has 0 N–H and O–H groups in total. The Kier molecular flexibility index (Phi) is 9.76. The Morgan fingerprint density at radius 2 is 1.77 bits per heavy atom. The third kappa shape index (κ3) is 6.34. The van der Waals surface area contributed by atoms with E-state index in [9.17, 15) is 4.39 Å². The van der Waals surface area contributed by atoms with Gasteiger partial charge in [-0.3, -0.25) is 0 Å². The zero-order valence-corrected chi connectivity index (χ0v) is 18.1. The van der Waals surface area contributed by atoms with E-state index in [0.717, 1.165) is 30.0 Å². The van der Waals surface area contributed by atoms with Crippen LogP contribution >= 0.6 is 0 Å². The largest absolute Gasteiger partial charge is 1.00 e. The van der Waals surface area contributed by atoms with Gasteiger partial charge < -0.3 is 38.4 Å². The number of anilines is 1. The smallest absolute Gasteiger partial charge is 0.165 e. The number of benzene rings is 2. The second-order valence-corrected chi connectivity index (χ2v) is 6.17. The molecule has 2 aromatic rings. The Balaban J connectivity index is 0.00000338. The summed E-state index contributed by atoms with van der Waals surface area (Å²) in [6.07, 6.45) is 1.09. The van der Waals surface area contributed by atoms with Crippen molar-refractivity contribution >= 4 is 5.69 Å². The van der Waals surface area contributed by atoms with Gasteiger partial charge in [-0.25, -0.2) is 4.39 Å². The lowest BCUT2D eigenvalue weighted by atomic mass is 10.2. The third-order valence-corrected chi connectivity index (χ3v) is 4.31. The van der Waals surface area contributed by atoms with E-state index in [4.69, 9.17) is 9.47 Å². The van der Waals surface area contributed by atoms with E-state index in [1.807, 2.05) is 31.2 Å². The van der Waals surface area contributed by atoms with Gasteiger partial charge in [-0.1, -0.05) is 19.1 Å². The molecule has 2 aromatic carbocycles.